The van der Waals surface area contributed by atoms with Crippen LogP contribution in [-0.4, -0.2) is 68.5 Å². The largest absolute Gasteiger partial charge is 0.699 e. The molecule has 0 unspecified atom stereocenters. The molecular formula is C25H24N3O7Rh-. The fourth-order valence-corrected chi connectivity index (χ4v) is 6.01. The molecule has 1 saturated carbocycles. The van der Waals surface area contributed by atoms with Crippen molar-refractivity contribution in [2.24, 2.45) is 17.6 Å². The number of ketones is 2. The second-order valence-electron chi connectivity index (χ2n) is 9.66. The van der Waals surface area contributed by atoms with Crippen molar-refractivity contribution in [2.75, 3.05) is 14.1 Å². The Morgan fingerprint density at radius 3 is 2.44 bits per heavy atom. The topological polar surface area (TPSA) is 185 Å². The first-order valence-electron chi connectivity index (χ1n) is 11.0. The number of amides is 1. The first-order chi connectivity index (χ1) is 16.4. The Labute approximate surface area is 218 Å². The smallest absolute Gasteiger partial charge is 0.255 e. The van der Waals surface area contributed by atoms with Gasteiger partial charge < -0.3 is 31.9 Å². The fraction of sp³-hybridized carbons (Fsp3) is 0.320. The summed E-state index contributed by atoms with van der Waals surface area (Å²) < 4.78 is 0. The van der Waals surface area contributed by atoms with Crippen LogP contribution >= 0.6 is 0 Å². The van der Waals surface area contributed by atoms with Crippen molar-refractivity contribution < 1.29 is 54.3 Å². The minimum Gasteiger partial charge on any atom is -0.699 e. The normalized spacial score (nSPS) is 27.5. The van der Waals surface area contributed by atoms with Gasteiger partial charge in [0.2, 0.25) is 5.78 Å². The van der Waals surface area contributed by atoms with Gasteiger partial charge in [0, 0.05) is 36.4 Å². The number of hydrogen-bond acceptors (Lipinski definition) is 8. The van der Waals surface area contributed by atoms with Crippen molar-refractivity contribution in [1.82, 2.24) is 4.90 Å². The van der Waals surface area contributed by atoms with E-state index >= 15 is 0 Å². The van der Waals surface area contributed by atoms with Crippen LogP contribution in [0.1, 0.15) is 17.5 Å². The van der Waals surface area contributed by atoms with E-state index in [0.717, 1.165) is 0 Å². The number of nitrogens with zero attached hydrogens (tertiary/aromatic N) is 1. The maximum Gasteiger partial charge on any atom is 0.255 e. The van der Waals surface area contributed by atoms with Gasteiger partial charge in [0.05, 0.1) is 11.6 Å². The Morgan fingerprint density at radius 2 is 1.83 bits per heavy atom. The van der Waals surface area contributed by atoms with E-state index in [-0.39, 0.29) is 54.9 Å². The first-order valence-corrected chi connectivity index (χ1v) is 11.0. The summed E-state index contributed by atoms with van der Waals surface area (Å²) in [6.45, 7) is 0. The Morgan fingerprint density at radius 1 is 1.17 bits per heavy atom. The van der Waals surface area contributed by atoms with Crippen molar-refractivity contribution in [2.45, 2.75) is 24.5 Å². The zero-order chi connectivity index (χ0) is 25.6. The standard InChI is InChI=1S/C25H24N3O7.Rh/c1-28(2)18-14-7-11-6-10-5-9-3-4-12(26)8-13(9)19(29)15(10)20(30)16(11)22(32)25(14,35)23(33)17(21(18)31)24(27)34;/h3-5,8,11,14,18,26,35H,6-7H2,1-2H3,(H2,29,30,32)(H3,27,31,33,34);/q-1;/t11-,14-,18-,25-;/m0./s1. The summed E-state index contributed by atoms with van der Waals surface area (Å²) in [6, 6.07) is 5.33. The van der Waals surface area contributed by atoms with Gasteiger partial charge in [0.15, 0.2) is 11.4 Å². The number of aromatic hydroxyl groups is 1. The number of likely N-dealkylation sites (N-methyl/N-ethyl adjacent to an activating group) is 1. The molecule has 0 bridgehead atoms. The van der Waals surface area contributed by atoms with Crippen LogP contribution in [0, 0.1) is 11.8 Å². The number of aliphatic hydroxyl groups is 3. The molecule has 191 valence electrons. The van der Waals surface area contributed by atoms with Crippen LogP contribution in [0.3, 0.4) is 0 Å². The third kappa shape index (κ3) is 3.23. The van der Waals surface area contributed by atoms with E-state index in [1.165, 1.54) is 11.0 Å². The SMILES string of the molecule is CN(C)[C@@H]1C(=O)C(C(N)=O)=C(O)[C@@]2(O)C(=O)C3=C(O)c4c(cc5ccc([NH-])cc5c4O)C[C@H]3C[C@@H]12.[Rh]. The Hall–Kier alpha value is -3.27. The summed E-state index contributed by atoms with van der Waals surface area (Å²) in [4.78, 5) is 40.3. The predicted molar refractivity (Wildman–Crippen MR) is 126 cm³/mol. The van der Waals surface area contributed by atoms with Gasteiger partial charge in [-0.1, -0.05) is 24.3 Å². The number of rotatable bonds is 2. The number of aliphatic hydroxyl groups excluding tert-OH is 2. The first kappa shape index (κ1) is 25.8. The van der Waals surface area contributed by atoms with Crippen molar-refractivity contribution >= 4 is 39.7 Å². The van der Waals surface area contributed by atoms with Crippen LogP contribution in [0.25, 0.3) is 22.3 Å². The number of nitrogens with two attached hydrogens (primary N) is 1. The number of phenolic OH excluding ortho intramolecular Hbond substituents is 1. The predicted octanol–water partition coefficient (Wildman–Crippen LogP) is 1.80. The zero-order valence-corrected chi connectivity index (χ0v) is 21.0. The number of hydrogen-bond donors (Lipinski definition) is 5. The molecule has 0 saturated heterocycles. The molecule has 5 rings (SSSR count). The Bertz CT molecular complexity index is 1430. The third-order valence-corrected chi connectivity index (χ3v) is 7.53. The van der Waals surface area contributed by atoms with Gasteiger partial charge in [-0.2, -0.15) is 0 Å². The van der Waals surface area contributed by atoms with Gasteiger partial charge in [-0.25, -0.2) is 0 Å². The third-order valence-electron chi connectivity index (χ3n) is 7.53. The molecule has 1 amide bonds. The summed E-state index contributed by atoms with van der Waals surface area (Å²) in [5, 5.41) is 45.5. The Balaban J connectivity index is 0.00000304. The number of Topliss-reactive ketones (excluding diaryl/α,β-unsaturated/α-hetero) is 2. The van der Waals surface area contributed by atoms with Gasteiger partial charge in [0.1, 0.15) is 22.8 Å². The molecule has 36 heavy (non-hydrogen) atoms. The molecule has 4 atom stereocenters. The van der Waals surface area contributed by atoms with Crippen molar-refractivity contribution in [3.8, 4) is 5.75 Å². The minimum absolute atomic E-state index is 0. The summed E-state index contributed by atoms with van der Waals surface area (Å²) in [6.07, 6.45) is 0.261. The molecule has 11 heteroatoms. The van der Waals surface area contributed by atoms with Crippen LogP contribution in [0.5, 0.6) is 5.75 Å². The van der Waals surface area contributed by atoms with Crippen LogP contribution in [0.4, 0.5) is 5.69 Å². The monoisotopic (exact) mass is 581 g/mol. The molecular weight excluding hydrogens is 557 g/mol. The van der Waals surface area contributed by atoms with E-state index in [1.807, 2.05) is 0 Å². The van der Waals surface area contributed by atoms with Crippen molar-refractivity contribution in [3.63, 3.8) is 0 Å². The van der Waals surface area contributed by atoms with Gasteiger partial charge in [-0.3, -0.25) is 19.3 Å². The number of phenols is 1. The molecule has 1 fully saturated rings. The second kappa shape index (κ2) is 8.40. The van der Waals surface area contributed by atoms with E-state index in [1.54, 1.807) is 32.3 Å². The number of carbonyl (C=O) groups is 3. The average Bonchev–Trinajstić information content (AvgIpc) is 2.76. The zero-order valence-electron chi connectivity index (χ0n) is 19.3. The number of carbonyl (C=O) groups excluding carboxylic acids is 3. The van der Waals surface area contributed by atoms with E-state index in [9.17, 15) is 34.8 Å². The quantitative estimate of drug-likeness (QED) is 0.263. The summed E-state index contributed by atoms with van der Waals surface area (Å²) in [5.74, 6) is -6.81. The van der Waals surface area contributed by atoms with Crippen LogP contribution in [0.15, 0.2) is 41.2 Å². The molecule has 0 aromatic heterocycles. The summed E-state index contributed by atoms with van der Waals surface area (Å²) in [5.41, 5.74) is 10.2. The molecule has 7 N–H and O–H groups in total. The van der Waals surface area contributed by atoms with Gasteiger partial charge in [0.25, 0.3) is 5.91 Å². The van der Waals surface area contributed by atoms with Gasteiger partial charge >= 0.3 is 0 Å². The molecule has 0 heterocycles. The van der Waals surface area contributed by atoms with Gasteiger partial charge in [-0.05, 0) is 43.8 Å². The molecule has 2 aromatic rings. The average molecular weight is 581 g/mol. The summed E-state index contributed by atoms with van der Waals surface area (Å²) in [7, 11) is 3.11. The molecule has 3 aliphatic carbocycles. The van der Waals surface area contributed by atoms with E-state index in [0.29, 0.717) is 16.3 Å². The molecule has 1 radical (unpaired) electrons. The second-order valence-corrected chi connectivity index (χ2v) is 9.66. The molecule has 10 nitrogen and oxygen atoms in total. The molecule has 0 aliphatic heterocycles. The Kier molecular flexibility index (Phi) is 6.02. The number of benzene rings is 2. The molecule has 0 spiro atoms. The maximum absolute atomic E-state index is 13.8. The number of fused-ring (bicyclic) bond motifs is 4. The van der Waals surface area contributed by atoms with Crippen molar-refractivity contribution in [1.29, 1.82) is 0 Å². The van der Waals surface area contributed by atoms with Crippen LogP contribution in [0.2, 0.25) is 0 Å². The van der Waals surface area contributed by atoms with E-state index in [4.69, 9.17) is 11.5 Å². The molecule has 3 aliphatic rings. The fourth-order valence-electron chi connectivity index (χ4n) is 6.01. The van der Waals surface area contributed by atoms with E-state index < -0.39 is 58.0 Å². The van der Waals surface area contributed by atoms with Crippen LogP contribution < -0.4 is 5.73 Å². The number of primary amides is 1. The van der Waals surface area contributed by atoms with Crippen molar-refractivity contribution in [3.05, 3.63) is 58.0 Å². The van der Waals surface area contributed by atoms with E-state index in [2.05, 4.69) is 0 Å². The molecule has 2 aromatic carbocycles. The number of nitrogens with one attached hydrogen (secondary N) is 1. The maximum atomic E-state index is 13.8. The van der Waals surface area contributed by atoms with Crippen LogP contribution in [-0.2, 0) is 40.3 Å². The minimum atomic E-state index is -2.66. The summed E-state index contributed by atoms with van der Waals surface area (Å²) >= 11 is 0. The van der Waals surface area contributed by atoms with Gasteiger partial charge in [-0.15, -0.1) is 5.69 Å².